The van der Waals surface area contributed by atoms with Crippen molar-refractivity contribution in [2.24, 2.45) is 7.05 Å². The normalized spacial score (nSPS) is 12.1. The van der Waals surface area contributed by atoms with E-state index in [1.54, 1.807) is 35.9 Å². The summed E-state index contributed by atoms with van der Waals surface area (Å²) in [5.74, 6) is -0.639. The molecule has 0 spiro atoms. The fourth-order valence-corrected chi connectivity index (χ4v) is 3.48. The molecule has 32 heavy (non-hydrogen) atoms. The number of anilines is 1. The van der Waals surface area contributed by atoms with Crippen molar-refractivity contribution in [3.63, 3.8) is 0 Å². The first-order chi connectivity index (χ1) is 14.8. The summed E-state index contributed by atoms with van der Waals surface area (Å²) in [6, 6.07) is 7.64. The number of alkyl halides is 6. The molecule has 5 nitrogen and oxygen atoms in total. The van der Waals surface area contributed by atoms with Gasteiger partial charge in [-0.2, -0.15) is 26.3 Å². The third kappa shape index (κ3) is 5.74. The van der Waals surface area contributed by atoms with Gasteiger partial charge in [0.1, 0.15) is 0 Å². The van der Waals surface area contributed by atoms with Crippen LogP contribution in [0.3, 0.4) is 0 Å². The lowest BCUT2D eigenvalue weighted by molar-refractivity contribution is -0.143. The van der Waals surface area contributed by atoms with Crippen molar-refractivity contribution >= 4 is 35.0 Å². The molecule has 3 aromatic rings. The lowest BCUT2D eigenvalue weighted by Crippen LogP contribution is -2.17. The predicted octanol–water partition coefficient (Wildman–Crippen LogP) is 5.90. The second kappa shape index (κ2) is 9.02. The van der Waals surface area contributed by atoms with Crippen molar-refractivity contribution in [1.29, 1.82) is 0 Å². The molecule has 1 aromatic heterocycles. The van der Waals surface area contributed by atoms with E-state index in [1.807, 2.05) is 0 Å². The Morgan fingerprint density at radius 3 is 2.09 bits per heavy atom. The fraction of sp³-hybridized carbons (Fsp3) is 0.211. The highest BCUT2D eigenvalue weighted by Crippen LogP contribution is 2.37. The van der Waals surface area contributed by atoms with Gasteiger partial charge in [-0.3, -0.25) is 4.79 Å². The van der Waals surface area contributed by atoms with Crippen LogP contribution >= 0.6 is 23.4 Å². The molecule has 1 N–H and O–H groups in total. The number of benzene rings is 2. The van der Waals surface area contributed by atoms with Crippen LogP contribution in [0.5, 0.6) is 0 Å². The Kier molecular flexibility index (Phi) is 6.75. The van der Waals surface area contributed by atoms with Gasteiger partial charge in [0.05, 0.1) is 16.9 Å². The van der Waals surface area contributed by atoms with Crippen LogP contribution in [0.4, 0.5) is 32.0 Å². The number of halogens is 7. The Bertz CT molecular complexity index is 1100. The van der Waals surface area contributed by atoms with Crippen LogP contribution in [0.2, 0.25) is 5.02 Å². The Balaban J connectivity index is 1.72. The molecule has 1 heterocycles. The van der Waals surface area contributed by atoms with Crippen LogP contribution in [0.25, 0.3) is 11.4 Å². The van der Waals surface area contributed by atoms with Gasteiger partial charge in [-0.15, -0.1) is 10.2 Å². The molecule has 13 heteroatoms. The predicted molar refractivity (Wildman–Crippen MR) is 107 cm³/mol. The van der Waals surface area contributed by atoms with E-state index < -0.39 is 35.1 Å². The Labute approximate surface area is 186 Å². The number of carbonyl (C=O) groups excluding carboxylic acids is 1. The minimum Gasteiger partial charge on any atom is -0.325 e. The first kappa shape index (κ1) is 23.9. The summed E-state index contributed by atoms with van der Waals surface area (Å²) in [6.45, 7) is 0. The average Bonchev–Trinajstić information content (AvgIpc) is 3.06. The number of carbonyl (C=O) groups is 1. The van der Waals surface area contributed by atoms with Gasteiger partial charge in [0.15, 0.2) is 11.0 Å². The van der Waals surface area contributed by atoms with E-state index in [4.69, 9.17) is 11.6 Å². The maximum Gasteiger partial charge on any atom is 0.416 e. The van der Waals surface area contributed by atoms with Crippen molar-refractivity contribution in [1.82, 2.24) is 14.8 Å². The molecule has 0 saturated heterocycles. The third-order valence-corrected chi connectivity index (χ3v) is 5.41. The van der Waals surface area contributed by atoms with Crippen LogP contribution in [0.1, 0.15) is 11.1 Å². The van der Waals surface area contributed by atoms with Crippen molar-refractivity contribution < 1.29 is 31.1 Å². The molecule has 3 rings (SSSR count). The lowest BCUT2D eigenvalue weighted by atomic mass is 10.1. The minimum atomic E-state index is -5.01. The standard InChI is InChI=1S/C19H13ClF6N4OS/c1-30-16(10-2-4-13(20)5-3-10)28-29-17(30)32-9-15(31)27-14-7-11(18(21,22)23)6-12(8-14)19(24,25)26/h2-8H,9H2,1H3,(H,27,31). The molecule has 0 bridgehead atoms. The molecule has 0 aliphatic rings. The molecule has 0 atom stereocenters. The number of aromatic nitrogens is 3. The molecule has 170 valence electrons. The summed E-state index contributed by atoms with van der Waals surface area (Å²) in [5.41, 5.74) is -2.94. The van der Waals surface area contributed by atoms with Gasteiger partial charge in [-0.25, -0.2) is 0 Å². The van der Waals surface area contributed by atoms with E-state index >= 15 is 0 Å². The molecular formula is C19H13ClF6N4OS. The van der Waals surface area contributed by atoms with E-state index in [0.717, 1.165) is 11.8 Å². The third-order valence-electron chi connectivity index (χ3n) is 4.14. The van der Waals surface area contributed by atoms with E-state index in [9.17, 15) is 31.1 Å². The highest BCUT2D eigenvalue weighted by Gasteiger charge is 2.37. The molecule has 1 amide bonds. The molecule has 0 fully saturated rings. The Hall–Kier alpha value is -2.73. The quantitative estimate of drug-likeness (QED) is 0.354. The zero-order valence-corrected chi connectivity index (χ0v) is 17.6. The maximum absolute atomic E-state index is 12.9. The number of thioether (sulfide) groups is 1. The molecule has 0 aliphatic heterocycles. The topological polar surface area (TPSA) is 59.8 Å². The molecule has 0 aliphatic carbocycles. The van der Waals surface area contributed by atoms with Crippen molar-refractivity contribution in [3.8, 4) is 11.4 Å². The highest BCUT2D eigenvalue weighted by atomic mass is 35.5. The maximum atomic E-state index is 12.9. The Morgan fingerprint density at radius 1 is 1.00 bits per heavy atom. The monoisotopic (exact) mass is 494 g/mol. The summed E-state index contributed by atoms with van der Waals surface area (Å²) in [7, 11) is 1.65. The smallest absolute Gasteiger partial charge is 0.325 e. The highest BCUT2D eigenvalue weighted by molar-refractivity contribution is 7.99. The minimum absolute atomic E-state index is 0.0117. The van der Waals surface area contributed by atoms with Crippen LogP contribution in [0.15, 0.2) is 47.6 Å². The van der Waals surface area contributed by atoms with E-state index in [0.29, 0.717) is 33.7 Å². The molecule has 0 saturated carbocycles. The van der Waals surface area contributed by atoms with E-state index in [1.165, 1.54) is 0 Å². The van der Waals surface area contributed by atoms with E-state index in [2.05, 4.69) is 15.5 Å². The first-order valence-electron chi connectivity index (χ1n) is 8.72. The summed E-state index contributed by atoms with van der Waals surface area (Å²) in [6.07, 6.45) is -10.0. The average molecular weight is 495 g/mol. The van der Waals surface area contributed by atoms with Crippen molar-refractivity contribution in [3.05, 3.63) is 58.6 Å². The van der Waals surface area contributed by atoms with Crippen LogP contribution in [-0.2, 0) is 24.2 Å². The second-order valence-corrected chi connectivity index (χ2v) is 7.88. The lowest BCUT2D eigenvalue weighted by Gasteiger charge is -2.14. The van der Waals surface area contributed by atoms with E-state index in [-0.39, 0.29) is 11.8 Å². The zero-order chi connectivity index (χ0) is 23.7. The summed E-state index contributed by atoms with van der Waals surface area (Å²) in [5, 5.41) is 10.9. The van der Waals surface area contributed by atoms with Crippen molar-refractivity contribution in [2.75, 3.05) is 11.1 Å². The zero-order valence-electron chi connectivity index (χ0n) is 16.1. The molecule has 0 radical (unpaired) electrons. The summed E-state index contributed by atoms with van der Waals surface area (Å²) < 4.78 is 79.2. The van der Waals surface area contributed by atoms with Gasteiger partial charge >= 0.3 is 12.4 Å². The van der Waals surface area contributed by atoms with Crippen molar-refractivity contribution in [2.45, 2.75) is 17.5 Å². The van der Waals surface area contributed by atoms with Gasteiger partial charge in [-0.05, 0) is 42.5 Å². The fourth-order valence-electron chi connectivity index (χ4n) is 2.65. The van der Waals surface area contributed by atoms with Gasteiger partial charge in [0.2, 0.25) is 5.91 Å². The number of nitrogens with one attached hydrogen (secondary N) is 1. The molecular weight excluding hydrogens is 482 g/mol. The van der Waals surface area contributed by atoms with Gasteiger partial charge in [0.25, 0.3) is 0 Å². The SMILES string of the molecule is Cn1c(SCC(=O)Nc2cc(C(F)(F)F)cc(C(F)(F)F)c2)nnc1-c1ccc(Cl)cc1. The number of amides is 1. The van der Waals surface area contributed by atoms with Gasteiger partial charge < -0.3 is 9.88 Å². The summed E-state index contributed by atoms with van der Waals surface area (Å²) >= 11 is 6.77. The number of hydrogen-bond donors (Lipinski definition) is 1. The van der Waals surface area contributed by atoms with Crippen LogP contribution < -0.4 is 5.32 Å². The number of nitrogens with zero attached hydrogens (tertiary/aromatic N) is 3. The van der Waals surface area contributed by atoms with Crippen LogP contribution in [0, 0.1) is 0 Å². The van der Waals surface area contributed by atoms with Gasteiger partial charge in [0, 0.05) is 23.3 Å². The van der Waals surface area contributed by atoms with Gasteiger partial charge in [-0.1, -0.05) is 23.4 Å². The Morgan fingerprint density at radius 2 is 1.56 bits per heavy atom. The second-order valence-electron chi connectivity index (χ2n) is 6.50. The largest absolute Gasteiger partial charge is 0.416 e. The van der Waals surface area contributed by atoms with Crippen LogP contribution in [-0.4, -0.2) is 26.4 Å². The molecule has 2 aromatic carbocycles. The summed E-state index contributed by atoms with van der Waals surface area (Å²) in [4.78, 5) is 12.2. The molecule has 0 unspecified atom stereocenters. The number of hydrogen-bond acceptors (Lipinski definition) is 4. The first-order valence-corrected chi connectivity index (χ1v) is 10.1. The number of rotatable bonds is 5.